The van der Waals surface area contributed by atoms with Crippen molar-refractivity contribution >= 4 is 11.5 Å². The predicted octanol–water partition coefficient (Wildman–Crippen LogP) is 2.14. The van der Waals surface area contributed by atoms with E-state index in [1.165, 1.54) is 0 Å². The SMILES string of the molecule is Oc1ccc(Cc2nnc3ccc(NC4CCC(O)CC4)nn23)cc1. The fourth-order valence-electron chi connectivity index (χ4n) is 3.25. The smallest absolute Gasteiger partial charge is 0.178 e. The van der Waals surface area contributed by atoms with E-state index in [1.54, 1.807) is 16.6 Å². The van der Waals surface area contributed by atoms with Crippen LogP contribution < -0.4 is 5.32 Å². The maximum atomic E-state index is 9.62. The zero-order valence-corrected chi connectivity index (χ0v) is 13.8. The third kappa shape index (κ3) is 3.56. The lowest BCUT2D eigenvalue weighted by molar-refractivity contribution is 0.126. The molecule has 0 unspecified atom stereocenters. The number of hydrogen-bond donors (Lipinski definition) is 3. The second-order valence-corrected chi connectivity index (χ2v) is 6.60. The third-order valence-corrected chi connectivity index (χ3v) is 4.67. The number of hydrogen-bond acceptors (Lipinski definition) is 6. The van der Waals surface area contributed by atoms with Gasteiger partial charge in [0, 0.05) is 12.5 Å². The molecule has 7 heteroatoms. The summed E-state index contributed by atoms with van der Waals surface area (Å²) in [6.45, 7) is 0. The summed E-state index contributed by atoms with van der Waals surface area (Å²) in [5, 5.41) is 35.5. The summed E-state index contributed by atoms with van der Waals surface area (Å²) in [4.78, 5) is 0. The zero-order chi connectivity index (χ0) is 17.2. The molecule has 2 heterocycles. The highest BCUT2D eigenvalue weighted by Crippen LogP contribution is 2.21. The molecular weight excluding hydrogens is 318 g/mol. The van der Waals surface area contributed by atoms with Crippen LogP contribution in [0.3, 0.4) is 0 Å². The summed E-state index contributed by atoms with van der Waals surface area (Å²) in [6, 6.07) is 11.2. The lowest BCUT2D eigenvalue weighted by Crippen LogP contribution is -2.28. The van der Waals surface area contributed by atoms with Crippen LogP contribution >= 0.6 is 0 Å². The van der Waals surface area contributed by atoms with Crippen LogP contribution in [-0.2, 0) is 6.42 Å². The summed E-state index contributed by atoms with van der Waals surface area (Å²) in [7, 11) is 0. The number of anilines is 1. The van der Waals surface area contributed by atoms with Crippen molar-refractivity contribution in [2.45, 2.75) is 44.2 Å². The molecule has 1 saturated carbocycles. The van der Waals surface area contributed by atoms with Gasteiger partial charge in [0.05, 0.1) is 6.10 Å². The van der Waals surface area contributed by atoms with Crippen LogP contribution in [0.15, 0.2) is 36.4 Å². The largest absolute Gasteiger partial charge is 0.508 e. The molecule has 0 bridgehead atoms. The van der Waals surface area contributed by atoms with E-state index in [0.29, 0.717) is 18.1 Å². The molecule has 0 spiro atoms. The van der Waals surface area contributed by atoms with Gasteiger partial charge in [0.2, 0.25) is 0 Å². The van der Waals surface area contributed by atoms with E-state index in [4.69, 9.17) is 0 Å². The molecule has 7 nitrogen and oxygen atoms in total. The highest BCUT2D eigenvalue weighted by atomic mass is 16.3. The molecule has 3 aromatic rings. The normalized spacial score (nSPS) is 20.7. The first kappa shape index (κ1) is 15.8. The molecular formula is C18H21N5O2. The standard InChI is InChI=1S/C18H21N5O2/c24-14-5-1-12(2-6-14)11-18-21-20-17-10-9-16(22-23(17)18)19-13-3-7-15(25)8-4-13/h1-2,5-6,9-10,13,15,24-25H,3-4,7-8,11H2,(H,19,22). The highest BCUT2D eigenvalue weighted by molar-refractivity contribution is 5.45. The number of rotatable bonds is 4. The number of aromatic nitrogens is 4. The molecule has 1 aliphatic rings. The molecule has 130 valence electrons. The number of phenols is 1. The maximum Gasteiger partial charge on any atom is 0.178 e. The van der Waals surface area contributed by atoms with Gasteiger partial charge in [0.1, 0.15) is 11.6 Å². The van der Waals surface area contributed by atoms with Gasteiger partial charge in [-0.15, -0.1) is 15.3 Å². The van der Waals surface area contributed by atoms with E-state index in [0.717, 1.165) is 42.9 Å². The Morgan fingerprint density at radius 3 is 2.52 bits per heavy atom. The molecule has 0 amide bonds. The van der Waals surface area contributed by atoms with Crippen LogP contribution in [0.2, 0.25) is 0 Å². The molecule has 0 atom stereocenters. The number of aliphatic hydroxyl groups excluding tert-OH is 1. The summed E-state index contributed by atoms with van der Waals surface area (Å²) in [6.07, 6.45) is 3.99. The molecule has 2 aromatic heterocycles. The minimum atomic E-state index is -0.164. The second-order valence-electron chi connectivity index (χ2n) is 6.60. The van der Waals surface area contributed by atoms with E-state index in [-0.39, 0.29) is 11.9 Å². The van der Waals surface area contributed by atoms with Crippen molar-refractivity contribution in [2.75, 3.05) is 5.32 Å². The van der Waals surface area contributed by atoms with Gasteiger partial charge in [-0.2, -0.15) is 4.52 Å². The molecule has 1 aromatic carbocycles. The van der Waals surface area contributed by atoms with Gasteiger partial charge in [0.25, 0.3) is 0 Å². The fraction of sp³-hybridized carbons (Fsp3) is 0.389. The van der Waals surface area contributed by atoms with Gasteiger partial charge in [0.15, 0.2) is 11.5 Å². The molecule has 1 fully saturated rings. The first-order chi connectivity index (χ1) is 12.2. The molecule has 4 rings (SSSR count). The van der Waals surface area contributed by atoms with Crippen molar-refractivity contribution in [1.29, 1.82) is 0 Å². The van der Waals surface area contributed by atoms with Crippen LogP contribution in [0.5, 0.6) is 5.75 Å². The Hall–Kier alpha value is -2.67. The van der Waals surface area contributed by atoms with Gasteiger partial charge < -0.3 is 15.5 Å². The average molecular weight is 339 g/mol. The van der Waals surface area contributed by atoms with Gasteiger partial charge in [-0.05, 0) is 55.5 Å². The molecule has 1 aliphatic carbocycles. The van der Waals surface area contributed by atoms with Crippen molar-refractivity contribution in [3.63, 3.8) is 0 Å². The summed E-state index contributed by atoms with van der Waals surface area (Å²) in [5.41, 5.74) is 1.74. The second kappa shape index (κ2) is 6.68. The van der Waals surface area contributed by atoms with Crippen molar-refractivity contribution in [3.8, 4) is 5.75 Å². The highest BCUT2D eigenvalue weighted by Gasteiger charge is 2.19. The first-order valence-corrected chi connectivity index (χ1v) is 8.61. The Morgan fingerprint density at radius 1 is 1.00 bits per heavy atom. The van der Waals surface area contributed by atoms with Gasteiger partial charge in [-0.25, -0.2) is 0 Å². The predicted molar refractivity (Wildman–Crippen MR) is 93.6 cm³/mol. The molecule has 0 saturated heterocycles. The van der Waals surface area contributed by atoms with Crippen LogP contribution in [-0.4, -0.2) is 42.2 Å². The van der Waals surface area contributed by atoms with Gasteiger partial charge in [-0.1, -0.05) is 12.1 Å². The number of benzene rings is 1. The topological polar surface area (TPSA) is 95.6 Å². The van der Waals surface area contributed by atoms with Crippen molar-refractivity contribution in [2.24, 2.45) is 0 Å². The number of aliphatic hydroxyl groups is 1. The van der Waals surface area contributed by atoms with Gasteiger partial charge >= 0.3 is 0 Å². The lowest BCUT2D eigenvalue weighted by Gasteiger charge is -2.26. The Bertz CT molecular complexity index is 854. The van der Waals surface area contributed by atoms with E-state index in [1.807, 2.05) is 24.3 Å². The van der Waals surface area contributed by atoms with Crippen molar-refractivity contribution in [1.82, 2.24) is 19.8 Å². The number of phenolic OH excluding ortho intramolecular Hbond substituents is 1. The summed E-state index contributed by atoms with van der Waals surface area (Å²) < 4.78 is 1.76. The van der Waals surface area contributed by atoms with Crippen LogP contribution in [0, 0.1) is 0 Å². The van der Waals surface area contributed by atoms with E-state index < -0.39 is 0 Å². The first-order valence-electron chi connectivity index (χ1n) is 8.61. The van der Waals surface area contributed by atoms with Gasteiger partial charge in [-0.3, -0.25) is 0 Å². The minimum absolute atomic E-state index is 0.164. The molecule has 0 radical (unpaired) electrons. The van der Waals surface area contributed by atoms with Crippen LogP contribution in [0.4, 0.5) is 5.82 Å². The number of aromatic hydroxyl groups is 1. The third-order valence-electron chi connectivity index (χ3n) is 4.67. The van der Waals surface area contributed by atoms with Crippen LogP contribution in [0.1, 0.15) is 37.1 Å². The summed E-state index contributed by atoms with van der Waals surface area (Å²) >= 11 is 0. The van der Waals surface area contributed by atoms with Crippen LogP contribution in [0.25, 0.3) is 5.65 Å². The zero-order valence-electron chi connectivity index (χ0n) is 13.8. The monoisotopic (exact) mass is 339 g/mol. The Kier molecular flexibility index (Phi) is 4.23. The van der Waals surface area contributed by atoms with E-state index >= 15 is 0 Å². The average Bonchev–Trinajstić information content (AvgIpc) is 3.01. The lowest BCUT2D eigenvalue weighted by atomic mass is 9.93. The van der Waals surface area contributed by atoms with E-state index in [9.17, 15) is 10.2 Å². The number of nitrogens with one attached hydrogen (secondary N) is 1. The molecule has 25 heavy (non-hydrogen) atoms. The van der Waals surface area contributed by atoms with Crippen molar-refractivity contribution < 1.29 is 10.2 Å². The molecule has 3 N–H and O–H groups in total. The summed E-state index contributed by atoms with van der Waals surface area (Å²) in [5.74, 6) is 1.79. The van der Waals surface area contributed by atoms with Crippen molar-refractivity contribution in [3.05, 3.63) is 47.8 Å². The van der Waals surface area contributed by atoms with E-state index in [2.05, 4.69) is 20.6 Å². The Labute approximate surface area is 145 Å². The Balaban J connectivity index is 1.54. The minimum Gasteiger partial charge on any atom is -0.508 e. The fourth-order valence-corrected chi connectivity index (χ4v) is 3.25. The number of nitrogens with zero attached hydrogens (tertiary/aromatic N) is 4. The quantitative estimate of drug-likeness (QED) is 0.674. The molecule has 0 aliphatic heterocycles. The number of fused-ring (bicyclic) bond motifs is 1. The maximum absolute atomic E-state index is 9.62. The Morgan fingerprint density at radius 2 is 1.76 bits per heavy atom.